The predicted molar refractivity (Wildman–Crippen MR) is 90.0 cm³/mol. The number of anilines is 1. The Hall–Kier alpha value is -2.96. The summed E-state index contributed by atoms with van der Waals surface area (Å²) in [5, 5.41) is 3.15. The van der Waals surface area contributed by atoms with Crippen LogP contribution in [0.4, 0.5) is 5.82 Å². The second-order valence-electron chi connectivity index (χ2n) is 5.89. The van der Waals surface area contributed by atoms with Crippen LogP contribution in [0.15, 0.2) is 43.1 Å². The van der Waals surface area contributed by atoms with Crippen LogP contribution in [-0.4, -0.2) is 50.3 Å². The molecule has 3 aromatic rings. The van der Waals surface area contributed by atoms with Crippen LogP contribution in [0.2, 0.25) is 0 Å². The number of aromatic nitrogens is 4. The van der Waals surface area contributed by atoms with Crippen LogP contribution in [-0.2, 0) is 0 Å². The van der Waals surface area contributed by atoms with Gasteiger partial charge in [0, 0.05) is 50.8 Å². The molecule has 1 saturated heterocycles. The monoisotopic (exact) mass is 322 g/mol. The Morgan fingerprint density at radius 3 is 3.08 bits per heavy atom. The Balaban J connectivity index is 1.58. The summed E-state index contributed by atoms with van der Waals surface area (Å²) in [5.41, 5.74) is 2.44. The van der Waals surface area contributed by atoms with Gasteiger partial charge in [0.25, 0.3) is 5.91 Å². The quantitative estimate of drug-likeness (QED) is 0.796. The first-order chi connectivity index (χ1) is 11.8. The highest BCUT2D eigenvalue weighted by Gasteiger charge is 2.30. The number of fused-ring (bicyclic) bond motifs is 1. The van der Waals surface area contributed by atoms with E-state index in [1.165, 1.54) is 6.20 Å². The van der Waals surface area contributed by atoms with Crippen LogP contribution in [0.25, 0.3) is 5.52 Å². The second kappa shape index (κ2) is 5.92. The highest BCUT2D eigenvalue weighted by Crippen LogP contribution is 2.28. The maximum absolute atomic E-state index is 12.5. The maximum Gasteiger partial charge on any atom is 0.274 e. The molecule has 122 valence electrons. The lowest BCUT2D eigenvalue weighted by molar-refractivity contribution is 0.0784. The lowest BCUT2D eigenvalue weighted by Crippen LogP contribution is -2.29. The minimum Gasteiger partial charge on any atom is -0.371 e. The Morgan fingerprint density at radius 1 is 1.38 bits per heavy atom. The molecule has 1 atom stereocenters. The van der Waals surface area contributed by atoms with E-state index in [-0.39, 0.29) is 11.8 Å². The summed E-state index contributed by atoms with van der Waals surface area (Å²) < 4.78 is 2.07. The summed E-state index contributed by atoms with van der Waals surface area (Å²) in [4.78, 5) is 27.1. The van der Waals surface area contributed by atoms with Gasteiger partial charge >= 0.3 is 0 Å². The minimum atomic E-state index is -0.0681. The van der Waals surface area contributed by atoms with E-state index in [0.29, 0.717) is 18.8 Å². The molecule has 0 saturated carbocycles. The van der Waals surface area contributed by atoms with Crippen molar-refractivity contribution in [2.24, 2.45) is 0 Å². The van der Waals surface area contributed by atoms with E-state index in [2.05, 4.69) is 25.9 Å². The van der Waals surface area contributed by atoms with Crippen LogP contribution in [0.3, 0.4) is 0 Å². The first-order valence-corrected chi connectivity index (χ1v) is 7.97. The highest BCUT2D eigenvalue weighted by molar-refractivity contribution is 5.92. The number of nitrogens with one attached hydrogen (secondary N) is 1. The van der Waals surface area contributed by atoms with Gasteiger partial charge < -0.3 is 14.6 Å². The molecule has 1 N–H and O–H groups in total. The summed E-state index contributed by atoms with van der Waals surface area (Å²) in [6.45, 7) is 1.36. The first kappa shape index (κ1) is 14.6. The number of nitrogens with zero attached hydrogens (tertiary/aromatic N) is 5. The molecule has 0 unspecified atom stereocenters. The van der Waals surface area contributed by atoms with Crippen molar-refractivity contribution in [3.8, 4) is 0 Å². The van der Waals surface area contributed by atoms with Gasteiger partial charge in [-0.3, -0.25) is 9.78 Å². The van der Waals surface area contributed by atoms with Crippen LogP contribution in [0.1, 0.15) is 28.5 Å². The molecule has 7 nitrogen and oxygen atoms in total. The number of carbonyl (C=O) groups excluding carboxylic acids is 1. The molecule has 0 bridgehead atoms. The van der Waals surface area contributed by atoms with Crippen LogP contribution in [0, 0.1) is 0 Å². The standard InChI is InChI=1S/C17H18N6O/c1-18-16-15-3-2-7-22(15)11-14(21-16)12-4-8-23(10-12)17(24)13-9-19-5-6-20-13/h2-3,5-7,9,11-12H,4,8,10H2,1H3,(H,18,21)/t12-/m1/s1. The molecule has 4 rings (SSSR count). The number of rotatable bonds is 3. The zero-order chi connectivity index (χ0) is 16.5. The van der Waals surface area contributed by atoms with Crippen molar-refractivity contribution in [2.45, 2.75) is 12.3 Å². The maximum atomic E-state index is 12.5. The van der Waals surface area contributed by atoms with Crippen molar-refractivity contribution in [3.63, 3.8) is 0 Å². The molecule has 0 radical (unpaired) electrons. The molecule has 4 heterocycles. The molecule has 1 aliphatic heterocycles. The molecular weight excluding hydrogens is 304 g/mol. The van der Waals surface area contributed by atoms with Gasteiger partial charge in [0.15, 0.2) is 0 Å². The van der Waals surface area contributed by atoms with Crippen molar-refractivity contribution >= 4 is 17.2 Å². The lowest BCUT2D eigenvalue weighted by atomic mass is 10.1. The van der Waals surface area contributed by atoms with Gasteiger partial charge in [-0.15, -0.1) is 0 Å². The van der Waals surface area contributed by atoms with Gasteiger partial charge in [0.2, 0.25) is 0 Å². The Morgan fingerprint density at radius 2 is 2.29 bits per heavy atom. The predicted octanol–water partition coefficient (Wildman–Crippen LogP) is 1.80. The van der Waals surface area contributed by atoms with Gasteiger partial charge in [-0.25, -0.2) is 9.97 Å². The molecule has 0 aliphatic carbocycles. The van der Waals surface area contributed by atoms with Crippen molar-refractivity contribution in [1.82, 2.24) is 24.3 Å². The van der Waals surface area contributed by atoms with Crippen molar-refractivity contribution in [1.29, 1.82) is 0 Å². The first-order valence-electron chi connectivity index (χ1n) is 7.97. The minimum absolute atomic E-state index is 0.0681. The van der Waals surface area contributed by atoms with Crippen molar-refractivity contribution in [3.05, 3.63) is 54.5 Å². The highest BCUT2D eigenvalue weighted by atomic mass is 16.2. The molecule has 0 spiro atoms. The molecule has 1 aliphatic rings. The molecule has 1 fully saturated rings. The van der Waals surface area contributed by atoms with Crippen LogP contribution in [0.5, 0.6) is 0 Å². The van der Waals surface area contributed by atoms with Crippen LogP contribution < -0.4 is 5.32 Å². The van der Waals surface area contributed by atoms with E-state index < -0.39 is 0 Å². The lowest BCUT2D eigenvalue weighted by Gasteiger charge is -2.16. The Bertz CT molecular complexity index is 875. The molecule has 3 aromatic heterocycles. The molecule has 24 heavy (non-hydrogen) atoms. The summed E-state index contributed by atoms with van der Waals surface area (Å²) in [7, 11) is 1.87. The number of hydrogen-bond acceptors (Lipinski definition) is 5. The van der Waals surface area contributed by atoms with Gasteiger partial charge in [-0.1, -0.05) is 0 Å². The fourth-order valence-corrected chi connectivity index (χ4v) is 3.20. The van der Waals surface area contributed by atoms with Gasteiger partial charge in [-0.05, 0) is 18.6 Å². The third-order valence-corrected chi connectivity index (χ3v) is 4.45. The second-order valence-corrected chi connectivity index (χ2v) is 5.89. The van der Waals surface area contributed by atoms with E-state index >= 15 is 0 Å². The summed E-state index contributed by atoms with van der Waals surface area (Å²) in [6, 6.07) is 4.03. The smallest absolute Gasteiger partial charge is 0.274 e. The van der Waals surface area contributed by atoms with Crippen LogP contribution >= 0.6 is 0 Å². The fraction of sp³-hybridized carbons (Fsp3) is 0.294. The van der Waals surface area contributed by atoms with Gasteiger partial charge in [0.1, 0.15) is 11.5 Å². The average molecular weight is 322 g/mol. The van der Waals surface area contributed by atoms with Gasteiger partial charge in [-0.2, -0.15) is 0 Å². The Kier molecular flexibility index (Phi) is 3.60. The van der Waals surface area contributed by atoms with E-state index in [4.69, 9.17) is 4.98 Å². The fourth-order valence-electron chi connectivity index (χ4n) is 3.20. The van der Waals surface area contributed by atoms with E-state index in [1.807, 2.05) is 30.3 Å². The SMILES string of the molecule is CNc1nc([C@@H]2CCN(C(=O)c3cnccn3)C2)cn2cccc12. The zero-order valence-corrected chi connectivity index (χ0v) is 13.4. The summed E-state index contributed by atoms with van der Waals surface area (Å²) >= 11 is 0. The van der Waals surface area contributed by atoms with Crippen molar-refractivity contribution < 1.29 is 4.79 Å². The third-order valence-electron chi connectivity index (χ3n) is 4.45. The number of carbonyl (C=O) groups is 1. The number of amides is 1. The average Bonchev–Trinajstić information content (AvgIpc) is 3.30. The number of likely N-dealkylation sites (tertiary alicyclic amines) is 1. The molecule has 7 heteroatoms. The van der Waals surface area contributed by atoms with Crippen molar-refractivity contribution in [2.75, 3.05) is 25.5 Å². The molecule has 0 aromatic carbocycles. The normalized spacial score (nSPS) is 17.4. The largest absolute Gasteiger partial charge is 0.371 e. The van der Waals surface area contributed by atoms with E-state index in [9.17, 15) is 4.79 Å². The van der Waals surface area contributed by atoms with E-state index in [1.54, 1.807) is 12.4 Å². The summed E-state index contributed by atoms with van der Waals surface area (Å²) in [5.74, 6) is 1.02. The Labute approximate surface area is 139 Å². The van der Waals surface area contributed by atoms with Gasteiger partial charge in [0.05, 0.1) is 17.4 Å². The topological polar surface area (TPSA) is 75.4 Å². The third kappa shape index (κ3) is 2.47. The molecule has 1 amide bonds. The molecular formula is C17H18N6O. The zero-order valence-electron chi connectivity index (χ0n) is 13.4. The summed E-state index contributed by atoms with van der Waals surface area (Å²) in [6.07, 6.45) is 9.59. The van der Waals surface area contributed by atoms with E-state index in [0.717, 1.165) is 23.4 Å². The number of hydrogen-bond donors (Lipinski definition) is 1.